The van der Waals surface area contributed by atoms with E-state index in [0.717, 1.165) is 12.8 Å². The molecule has 102 valence electrons. The Bertz CT molecular complexity index is 335. The van der Waals surface area contributed by atoms with Crippen LogP contribution < -0.4 is 0 Å². The quantitative estimate of drug-likeness (QED) is 0.798. The highest BCUT2D eigenvalue weighted by atomic mass is 32.2. The van der Waals surface area contributed by atoms with Crippen molar-refractivity contribution in [1.82, 2.24) is 9.80 Å². The van der Waals surface area contributed by atoms with Crippen LogP contribution in [0.4, 0.5) is 4.79 Å². The molecule has 2 aliphatic rings. The van der Waals surface area contributed by atoms with E-state index < -0.39 is 12.0 Å². The van der Waals surface area contributed by atoms with Crippen LogP contribution >= 0.6 is 11.8 Å². The fraction of sp³-hybridized carbons (Fsp3) is 0.818. The number of thioether (sulfide) groups is 1. The van der Waals surface area contributed by atoms with Crippen molar-refractivity contribution in [3.63, 3.8) is 0 Å². The average Bonchev–Trinajstić information content (AvgIpc) is 3.05. The molecule has 6 nitrogen and oxygen atoms in total. The van der Waals surface area contributed by atoms with E-state index in [1.165, 1.54) is 16.7 Å². The lowest BCUT2D eigenvalue weighted by atomic mass is 10.3. The Morgan fingerprint density at radius 2 is 2.22 bits per heavy atom. The number of carbonyl (C=O) groups is 2. The largest absolute Gasteiger partial charge is 0.480 e. The molecule has 1 unspecified atom stereocenters. The molecule has 1 aliphatic carbocycles. The van der Waals surface area contributed by atoms with Gasteiger partial charge in [0, 0.05) is 25.4 Å². The van der Waals surface area contributed by atoms with Crippen LogP contribution in [0.1, 0.15) is 12.8 Å². The van der Waals surface area contributed by atoms with Crippen molar-refractivity contribution >= 4 is 23.8 Å². The monoisotopic (exact) mass is 274 g/mol. The van der Waals surface area contributed by atoms with E-state index in [4.69, 9.17) is 9.84 Å². The molecule has 1 heterocycles. The molecule has 0 aromatic rings. The highest BCUT2D eigenvalue weighted by Gasteiger charge is 2.40. The number of urea groups is 1. The fourth-order valence-electron chi connectivity index (χ4n) is 2.01. The third kappa shape index (κ3) is 2.89. The van der Waals surface area contributed by atoms with Crippen LogP contribution in [0.5, 0.6) is 0 Å². The van der Waals surface area contributed by atoms with E-state index in [-0.39, 0.29) is 12.1 Å². The van der Waals surface area contributed by atoms with Crippen LogP contribution in [0.15, 0.2) is 0 Å². The summed E-state index contributed by atoms with van der Waals surface area (Å²) in [7, 11) is 1.60. The number of carboxylic acids is 1. The summed E-state index contributed by atoms with van der Waals surface area (Å²) >= 11 is 1.49. The number of methoxy groups -OCH3 is 1. The zero-order chi connectivity index (χ0) is 13.1. The molecule has 7 heteroatoms. The van der Waals surface area contributed by atoms with E-state index in [0.29, 0.717) is 24.8 Å². The summed E-state index contributed by atoms with van der Waals surface area (Å²) in [5, 5.41) is 9.09. The highest BCUT2D eigenvalue weighted by Crippen LogP contribution is 2.30. The Morgan fingerprint density at radius 3 is 2.78 bits per heavy atom. The number of carboxylic acid groups (broad SMARTS) is 1. The lowest BCUT2D eigenvalue weighted by molar-refractivity contribution is -0.141. The normalized spacial score (nSPS) is 23.2. The number of ether oxygens (including phenoxy) is 1. The predicted molar refractivity (Wildman–Crippen MR) is 67.6 cm³/mol. The molecule has 1 atom stereocenters. The Morgan fingerprint density at radius 1 is 1.50 bits per heavy atom. The minimum Gasteiger partial charge on any atom is -0.480 e. The molecule has 2 fully saturated rings. The van der Waals surface area contributed by atoms with Gasteiger partial charge in [-0.05, 0) is 12.8 Å². The zero-order valence-electron chi connectivity index (χ0n) is 10.4. The zero-order valence-corrected chi connectivity index (χ0v) is 11.2. The Balaban J connectivity index is 2.00. The van der Waals surface area contributed by atoms with E-state index in [9.17, 15) is 9.59 Å². The lowest BCUT2D eigenvalue weighted by Gasteiger charge is -2.29. The van der Waals surface area contributed by atoms with Gasteiger partial charge >= 0.3 is 12.0 Å². The van der Waals surface area contributed by atoms with Crippen molar-refractivity contribution in [1.29, 1.82) is 0 Å². The van der Waals surface area contributed by atoms with Gasteiger partial charge in [-0.1, -0.05) is 0 Å². The number of amides is 2. The lowest BCUT2D eigenvalue weighted by Crippen LogP contribution is -2.50. The van der Waals surface area contributed by atoms with E-state index >= 15 is 0 Å². The van der Waals surface area contributed by atoms with Gasteiger partial charge in [-0.3, -0.25) is 0 Å². The molecule has 0 bridgehead atoms. The molecule has 0 radical (unpaired) electrons. The molecule has 1 aliphatic heterocycles. The first-order chi connectivity index (χ1) is 8.65. The first-order valence-corrected chi connectivity index (χ1v) is 7.17. The molecule has 1 N–H and O–H groups in total. The highest BCUT2D eigenvalue weighted by molar-refractivity contribution is 7.99. The van der Waals surface area contributed by atoms with Crippen molar-refractivity contribution < 1.29 is 19.4 Å². The summed E-state index contributed by atoms with van der Waals surface area (Å²) in [5.41, 5.74) is 0. The number of hydrogen-bond acceptors (Lipinski definition) is 4. The Kier molecular flexibility index (Phi) is 4.34. The van der Waals surface area contributed by atoms with Crippen molar-refractivity contribution in [3.05, 3.63) is 0 Å². The molecule has 0 aromatic carbocycles. The van der Waals surface area contributed by atoms with Crippen molar-refractivity contribution in [2.24, 2.45) is 0 Å². The molecule has 1 saturated heterocycles. The van der Waals surface area contributed by atoms with Crippen molar-refractivity contribution in [2.75, 3.05) is 31.9 Å². The SMILES string of the molecule is COCCN(C(=O)N1CSCC1C(=O)O)C1CC1. The number of carbonyl (C=O) groups excluding carboxylic acids is 1. The van der Waals surface area contributed by atoms with Gasteiger partial charge in [-0.2, -0.15) is 0 Å². The standard InChI is InChI=1S/C11H18N2O4S/c1-17-5-4-12(8-2-3-8)11(16)13-7-18-6-9(13)10(14)15/h8-9H,2-7H2,1H3,(H,14,15). The van der Waals surface area contributed by atoms with E-state index in [1.54, 1.807) is 12.0 Å². The minimum atomic E-state index is -0.921. The second-order valence-electron chi connectivity index (χ2n) is 4.52. The molecular weight excluding hydrogens is 256 g/mol. The average molecular weight is 274 g/mol. The van der Waals surface area contributed by atoms with E-state index in [1.807, 2.05) is 0 Å². The first-order valence-electron chi connectivity index (χ1n) is 6.02. The third-order valence-electron chi connectivity index (χ3n) is 3.18. The van der Waals surface area contributed by atoms with Crippen LogP contribution in [-0.4, -0.2) is 70.9 Å². The summed E-state index contributed by atoms with van der Waals surface area (Å²) in [5.74, 6) is 0.0198. The molecule has 18 heavy (non-hydrogen) atoms. The molecule has 1 saturated carbocycles. The smallest absolute Gasteiger partial charge is 0.327 e. The maximum Gasteiger partial charge on any atom is 0.327 e. The summed E-state index contributed by atoms with van der Waals surface area (Å²) < 4.78 is 5.00. The van der Waals surface area contributed by atoms with E-state index in [2.05, 4.69) is 0 Å². The molecule has 0 spiro atoms. The van der Waals surface area contributed by atoms with Crippen LogP contribution in [0.3, 0.4) is 0 Å². The third-order valence-corrected chi connectivity index (χ3v) is 4.19. The van der Waals surface area contributed by atoms with Crippen molar-refractivity contribution in [3.8, 4) is 0 Å². The number of nitrogens with zero attached hydrogens (tertiary/aromatic N) is 2. The van der Waals surface area contributed by atoms with Crippen LogP contribution in [0.2, 0.25) is 0 Å². The minimum absolute atomic E-state index is 0.160. The summed E-state index contributed by atoms with van der Waals surface area (Å²) in [6.07, 6.45) is 2.02. The van der Waals surface area contributed by atoms with Gasteiger partial charge in [0.1, 0.15) is 6.04 Å². The number of rotatable bonds is 5. The van der Waals surface area contributed by atoms with Crippen LogP contribution in [0.25, 0.3) is 0 Å². The topological polar surface area (TPSA) is 70.1 Å². The van der Waals surface area contributed by atoms with Gasteiger partial charge in [-0.25, -0.2) is 9.59 Å². The van der Waals surface area contributed by atoms with Gasteiger partial charge in [0.05, 0.1) is 12.5 Å². The Hall–Kier alpha value is -0.950. The molecular formula is C11H18N2O4S. The summed E-state index contributed by atoms with van der Waals surface area (Å²) in [6, 6.07) is -0.578. The van der Waals surface area contributed by atoms with Crippen LogP contribution in [0, 0.1) is 0 Å². The first kappa shape index (κ1) is 13.5. The number of aliphatic carboxylic acids is 1. The second-order valence-corrected chi connectivity index (χ2v) is 5.52. The number of hydrogen-bond donors (Lipinski definition) is 1. The van der Waals surface area contributed by atoms with Gasteiger partial charge in [0.2, 0.25) is 0 Å². The maximum absolute atomic E-state index is 12.4. The molecule has 2 amide bonds. The maximum atomic E-state index is 12.4. The Labute approximate surface area is 110 Å². The van der Waals surface area contributed by atoms with Gasteiger partial charge in [0.25, 0.3) is 0 Å². The van der Waals surface area contributed by atoms with Crippen LogP contribution in [-0.2, 0) is 9.53 Å². The van der Waals surface area contributed by atoms with Gasteiger partial charge in [0.15, 0.2) is 0 Å². The summed E-state index contributed by atoms with van der Waals surface area (Å²) in [4.78, 5) is 26.7. The van der Waals surface area contributed by atoms with Crippen molar-refractivity contribution in [2.45, 2.75) is 24.9 Å². The molecule has 2 rings (SSSR count). The predicted octanol–water partition coefficient (Wildman–Crippen LogP) is 0.677. The van der Waals surface area contributed by atoms with Gasteiger partial charge < -0.3 is 19.6 Å². The van der Waals surface area contributed by atoms with Gasteiger partial charge in [-0.15, -0.1) is 11.8 Å². The fourth-order valence-corrected chi connectivity index (χ4v) is 3.15. The summed E-state index contributed by atoms with van der Waals surface area (Å²) in [6.45, 7) is 1.02. The second kappa shape index (κ2) is 5.79. The molecule has 0 aromatic heterocycles.